The molecular formula is C41H45ClN6O5S. The van der Waals surface area contributed by atoms with Crippen molar-refractivity contribution in [2.45, 2.75) is 70.4 Å². The molecule has 6 rings (SSSR count). The Labute approximate surface area is 321 Å². The van der Waals surface area contributed by atoms with Crippen molar-refractivity contribution < 1.29 is 22.8 Å². The average molecular weight is 769 g/mol. The van der Waals surface area contributed by atoms with Crippen molar-refractivity contribution in [2.24, 2.45) is 5.73 Å². The highest BCUT2D eigenvalue weighted by molar-refractivity contribution is 7.90. The van der Waals surface area contributed by atoms with E-state index in [1.807, 2.05) is 36.4 Å². The number of carbonyl (C=O) groups excluding carboxylic acids is 3. The summed E-state index contributed by atoms with van der Waals surface area (Å²) < 4.78 is 30.5. The highest BCUT2D eigenvalue weighted by Gasteiger charge is 2.33. The van der Waals surface area contributed by atoms with E-state index in [4.69, 9.17) is 17.3 Å². The van der Waals surface area contributed by atoms with Gasteiger partial charge in [-0.05, 0) is 78.4 Å². The van der Waals surface area contributed by atoms with Gasteiger partial charge in [0.15, 0.2) is 5.69 Å². The number of hydrogen-bond acceptors (Lipinski definition) is 7. The summed E-state index contributed by atoms with van der Waals surface area (Å²) in [5.74, 6) is -1.66. The fourth-order valence-electron chi connectivity index (χ4n) is 6.82. The number of rotatable bonds is 13. The molecule has 282 valence electrons. The van der Waals surface area contributed by atoms with Gasteiger partial charge in [0.25, 0.3) is 27.7 Å². The number of sulfonamides is 1. The molecule has 1 aliphatic rings. The number of nitrogens with one attached hydrogen (secondary N) is 1. The van der Waals surface area contributed by atoms with Crippen LogP contribution in [0, 0.1) is 6.92 Å². The molecule has 0 spiro atoms. The zero-order valence-electron chi connectivity index (χ0n) is 30.7. The van der Waals surface area contributed by atoms with E-state index in [-0.39, 0.29) is 57.5 Å². The predicted molar refractivity (Wildman–Crippen MR) is 210 cm³/mol. The van der Waals surface area contributed by atoms with Crippen LogP contribution in [0.5, 0.6) is 0 Å². The van der Waals surface area contributed by atoms with E-state index in [9.17, 15) is 22.8 Å². The molecule has 54 heavy (non-hydrogen) atoms. The summed E-state index contributed by atoms with van der Waals surface area (Å²) in [6.45, 7) is 7.41. The Morgan fingerprint density at radius 2 is 1.57 bits per heavy atom. The first-order valence-corrected chi connectivity index (χ1v) is 20.2. The van der Waals surface area contributed by atoms with E-state index in [2.05, 4.69) is 23.7 Å². The number of halogens is 1. The van der Waals surface area contributed by atoms with Crippen molar-refractivity contribution >= 4 is 50.1 Å². The molecule has 3 N–H and O–H groups in total. The number of unbranched alkanes of at least 4 members (excludes halogenated alkanes) is 2. The maximum Gasteiger partial charge on any atom is 0.275 e. The van der Waals surface area contributed by atoms with E-state index in [1.54, 1.807) is 34.9 Å². The van der Waals surface area contributed by atoms with Crippen molar-refractivity contribution in [2.75, 3.05) is 19.6 Å². The highest BCUT2D eigenvalue weighted by Crippen LogP contribution is 2.31. The summed E-state index contributed by atoms with van der Waals surface area (Å²) >= 11 is 6.83. The summed E-state index contributed by atoms with van der Waals surface area (Å²) in [5.41, 5.74) is 9.06. The van der Waals surface area contributed by atoms with Gasteiger partial charge in [-0.15, -0.1) is 0 Å². The maximum atomic E-state index is 14.7. The normalized spacial score (nSPS) is 14.2. The topological polar surface area (TPSA) is 148 Å². The summed E-state index contributed by atoms with van der Waals surface area (Å²) in [5, 5.41) is 6.39. The van der Waals surface area contributed by atoms with E-state index < -0.39 is 21.8 Å². The SMILES string of the molecule is CCCCN(CCCC)C(=O)c1nn(-c2ccc(C(=O)NS(=O)(=O)c3ccc4ccccc4c3)cc2C(=O)N2Cc3ccccc3C[C@H]2CN)c(C)c1Cl. The average Bonchev–Trinajstić information content (AvgIpc) is 3.48. The number of benzene rings is 4. The summed E-state index contributed by atoms with van der Waals surface area (Å²) in [6.07, 6.45) is 4.02. The lowest BCUT2D eigenvalue weighted by Gasteiger charge is -2.36. The molecule has 1 aliphatic heterocycles. The smallest absolute Gasteiger partial charge is 0.275 e. The first-order chi connectivity index (χ1) is 26.0. The third-order valence-electron chi connectivity index (χ3n) is 9.96. The van der Waals surface area contributed by atoms with E-state index in [1.165, 1.54) is 35.0 Å². The molecule has 0 bridgehead atoms. The third-order valence-corrected chi connectivity index (χ3v) is 11.7. The van der Waals surface area contributed by atoms with Crippen LogP contribution in [0.3, 0.4) is 0 Å². The van der Waals surface area contributed by atoms with Crippen molar-refractivity contribution in [1.82, 2.24) is 24.3 Å². The molecular weight excluding hydrogens is 724 g/mol. The fourth-order valence-corrected chi connectivity index (χ4v) is 8.02. The Balaban J connectivity index is 1.41. The second-order valence-electron chi connectivity index (χ2n) is 13.6. The standard InChI is InChI=1S/C41H45ClN6O5S/c1-4-6-20-46(21-7-5-2)41(51)38-37(42)27(3)48(44-38)36-19-17-31(39(49)45-54(52,53)34-18-16-28-12-8-9-14-30(28)23-34)24-35(36)40(50)47-26-32-15-11-10-13-29(32)22-33(47)25-43/h8-19,23-24,33H,4-7,20-22,25-26,43H2,1-3H3,(H,45,49)/t33-/m0/s1. The first kappa shape index (κ1) is 38.7. The lowest BCUT2D eigenvalue weighted by atomic mass is 9.93. The van der Waals surface area contributed by atoms with Gasteiger partial charge in [0.05, 0.1) is 26.9 Å². The van der Waals surface area contributed by atoms with Crippen molar-refractivity contribution in [1.29, 1.82) is 0 Å². The second kappa shape index (κ2) is 16.5. The van der Waals surface area contributed by atoms with Crippen molar-refractivity contribution in [3.05, 3.63) is 124 Å². The molecule has 0 saturated carbocycles. The molecule has 0 unspecified atom stereocenters. The predicted octanol–water partition coefficient (Wildman–Crippen LogP) is 6.67. The Morgan fingerprint density at radius 3 is 2.26 bits per heavy atom. The summed E-state index contributed by atoms with van der Waals surface area (Å²) in [7, 11) is -4.29. The molecule has 3 amide bonds. The van der Waals surface area contributed by atoms with E-state index >= 15 is 0 Å². The number of nitrogens with two attached hydrogens (primary N) is 1. The van der Waals surface area contributed by atoms with Crippen LogP contribution in [0.15, 0.2) is 89.8 Å². The second-order valence-corrected chi connectivity index (χ2v) is 15.7. The lowest BCUT2D eigenvalue weighted by Crippen LogP contribution is -2.48. The monoisotopic (exact) mass is 768 g/mol. The zero-order valence-corrected chi connectivity index (χ0v) is 32.3. The molecule has 1 aromatic heterocycles. The molecule has 5 aromatic rings. The van der Waals surface area contributed by atoms with Crippen LogP contribution < -0.4 is 10.5 Å². The minimum atomic E-state index is -4.29. The number of carbonyl (C=O) groups is 3. The molecule has 0 saturated heterocycles. The number of nitrogens with zero attached hydrogens (tertiary/aromatic N) is 4. The molecule has 0 fully saturated rings. The summed E-state index contributed by atoms with van der Waals surface area (Å²) in [4.78, 5) is 45.7. The van der Waals surface area contributed by atoms with Gasteiger partial charge in [-0.25, -0.2) is 17.8 Å². The van der Waals surface area contributed by atoms with Crippen LogP contribution >= 0.6 is 11.6 Å². The van der Waals surface area contributed by atoms with Gasteiger partial charge in [0.2, 0.25) is 0 Å². The van der Waals surface area contributed by atoms with Crippen LogP contribution in [0.1, 0.15) is 87.6 Å². The fraction of sp³-hybridized carbons (Fsp3) is 0.317. The van der Waals surface area contributed by atoms with E-state index in [0.717, 1.165) is 42.2 Å². The number of hydrogen-bond donors (Lipinski definition) is 2. The Morgan fingerprint density at radius 1 is 0.907 bits per heavy atom. The van der Waals surface area contributed by atoms with Gasteiger partial charge in [-0.2, -0.15) is 5.10 Å². The number of fused-ring (bicyclic) bond motifs is 2. The van der Waals surface area contributed by atoms with Gasteiger partial charge in [-0.1, -0.05) is 92.9 Å². The minimum Gasteiger partial charge on any atom is -0.337 e. The highest BCUT2D eigenvalue weighted by atomic mass is 35.5. The van der Waals surface area contributed by atoms with Crippen molar-refractivity contribution in [3.63, 3.8) is 0 Å². The van der Waals surface area contributed by atoms with Crippen LogP contribution in [-0.4, -0.2) is 71.4 Å². The van der Waals surface area contributed by atoms with Gasteiger partial charge in [0, 0.05) is 37.8 Å². The quantitative estimate of drug-likeness (QED) is 0.136. The molecule has 2 heterocycles. The van der Waals surface area contributed by atoms with Gasteiger partial charge in [-0.3, -0.25) is 14.4 Å². The zero-order chi connectivity index (χ0) is 38.6. The Hall–Kier alpha value is -5.04. The molecule has 13 heteroatoms. The third kappa shape index (κ3) is 7.91. The lowest BCUT2D eigenvalue weighted by molar-refractivity contribution is 0.0647. The Bertz CT molecular complexity index is 2320. The first-order valence-electron chi connectivity index (χ1n) is 18.3. The van der Waals surface area contributed by atoms with Crippen LogP contribution in [-0.2, 0) is 23.0 Å². The molecule has 1 atom stereocenters. The van der Waals surface area contributed by atoms with Gasteiger partial charge >= 0.3 is 0 Å². The van der Waals surface area contributed by atoms with Gasteiger partial charge in [0.1, 0.15) is 0 Å². The number of amides is 3. The molecule has 0 aliphatic carbocycles. The minimum absolute atomic E-state index is 0.0642. The van der Waals surface area contributed by atoms with E-state index in [0.29, 0.717) is 30.6 Å². The molecule has 11 nitrogen and oxygen atoms in total. The van der Waals surface area contributed by atoms with Gasteiger partial charge < -0.3 is 15.5 Å². The maximum absolute atomic E-state index is 14.7. The van der Waals surface area contributed by atoms with Crippen LogP contribution in [0.25, 0.3) is 16.5 Å². The Kier molecular flexibility index (Phi) is 11.8. The van der Waals surface area contributed by atoms with Crippen molar-refractivity contribution in [3.8, 4) is 5.69 Å². The van der Waals surface area contributed by atoms with Crippen LogP contribution in [0.2, 0.25) is 5.02 Å². The number of aromatic nitrogens is 2. The largest absolute Gasteiger partial charge is 0.337 e. The molecule has 0 radical (unpaired) electrons. The summed E-state index contributed by atoms with van der Waals surface area (Å²) in [6, 6.07) is 23.7. The molecule has 4 aromatic carbocycles. The van der Waals surface area contributed by atoms with Crippen LogP contribution in [0.4, 0.5) is 0 Å².